The first kappa shape index (κ1) is 69.8. The quantitative estimate of drug-likeness (QED) is 0.0261. The maximum absolute atomic E-state index is 12.9. The van der Waals surface area contributed by atoms with Crippen molar-refractivity contribution in [2.45, 2.75) is 322 Å². The minimum absolute atomic E-state index is 0.0810. The topological polar surface area (TPSA) is 78.9 Å². The lowest BCUT2D eigenvalue weighted by Gasteiger charge is -2.18. The van der Waals surface area contributed by atoms with Gasteiger partial charge in [-0.05, 0) is 116 Å². The van der Waals surface area contributed by atoms with Gasteiger partial charge in [-0.2, -0.15) is 0 Å². The van der Waals surface area contributed by atoms with Crippen LogP contribution in [-0.4, -0.2) is 37.2 Å². The molecule has 0 aromatic heterocycles. The third-order valence-corrected chi connectivity index (χ3v) is 13.7. The van der Waals surface area contributed by atoms with Gasteiger partial charge in [0.15, 0.2) is 6.10 Å². The molecular formula is C67H118O6. The molecule has 6 heteroatoms. The zero-order valence-electron chi connectivity index (χ0n) is 48.4. The SMILES string of the molecule is CCCCC/C=C\C/C=C\CCCCCCCCCCCC(=O)OCC(COC(=O)CCCCCCCCCCC/C=C\C/C=C\CCCCC)OC(=O)CCCCCCCCC/C=C\C/C=C\CCCCC. The maximum Gasteiger partial charge on any atom is 0.306 e. The molecule has 0 heterocycles. The summed E-state index contributed by atoms with van der Waals surface area (Å²) in [4.78, 5) is 38.3. The summed E-state index contributed by atoms with van der Waals surface area (Å²) in [7, 11) is 0. The van der Waals surface area contributed by atoms with E-state index >= 15 is 0 Å². The fourth-order valence-corrected chi connectivity index (χ4v) is 8.89. The second kappa shape index (κ2) is 61.4. The number of allylic oxidation sites excluding steroid dienone is 12. The van der Waals surface area contributed by atoms with Gasteiger partial charge in [0.2, 0.25) is 0 Å². The van der Waals surface area contributed by atoms with E-state index in [1.165, 1.54) is 193 Å². The van der Waals surface area contributed by atoms with E-state index in [0.717, 1.165) is 83.5 Å². The van der Waals surface area contributed by atoms with Crippen LogP contribution >= 0.6 is 0 Å². The third-order valence-electron chi connectivity index (χ3n) is 13.7. The van der Waals surface area contributed by atoms with Crippen molar-refractivity contribution in [1.29, 1.82) is 0 Å². The molecule has 0 bridgehead atoms. The first-order valence-corrected chi connectivity index (χ1v) is 31.4. The van der Waals surface area contributed by atoms with Gasteiger partial charge >= 0.3 is 17.9 Å². The van der Waals surface area contributed by atoms with Gasteiger partial charge in [-0.3, -0.25) is 14.4 Å². The monoisotopic (exact) mass is 1020 g/mol. The Morgan fingerprint density at radius 1 is 0.274 bits per heavy atom. The molecule has 422 valence electrons. The van der Waals surface area contributed by atoms with Gasteiger partial charge in [0.1, 0.15) is 13.2 Å². The predicted octanol–water partition coefficient (Wildman–Crippen LogP) is 21.3. The number of hydrogen-bond donors (Lipinski definition) is 0. The van der Waals surface area contributed by atoms with Gasteiger partial charge in [0.25, 0.3) is 0 Å². The molecule has 0 aliphatic carbocycles. The molecule has 0 aliphatic rings. The van der Waals surface area contributed by atoms with Crippen molar-refractivity contribution < 1.29 is 28.6 Å². The number of unbranched alkanes of at least 4 members (excludes halogenated alkanes) is 34. The lowest BCUT2D eigenvalue weighted by atomic mass is 10.1. The highest BCUT2D eigenvalue weighted by atomic mass is 16.6. The van der Waals surface area contributed by atoms with Crippen molar-refractivity contribution in [3.8, 4) is 0 Å². The second-order valence-corrected chi connectivity index (χ2v) is 21.0. The molecule has 0 rings (SSSR count). The Kier molecular flexibility index (Phi) is 58.7. The van der Waals surface area contributed by atoms with Gasteiger partial charge in [0, 0.05) is 19.3 Å². The van der Waals surface area contributed by atoms with E-state index in [1.807, 2.05) is 0 Å². The van der Waals surface area contributed by atoms with E-state index < -0.39 is 6.10 Å². The first-order chi connectivity index (χ1) is 36.0. The number of ether oxygens (including phenoxy) is 3. The van der Waals surface area contributed by atoms with E-state index in [2.05, 4.69) is 93.7 Å². The second-order valence-electron chi connectivity index (χ2n) is 21.0. The van der Waals surface area contributed by atoms with Crippen LogP contribution in [0.2, 0.25) is 0 Å². The first-order valence-electron chi connectivity index (χ1n) is 31.4. The third kappa shape index (κ3) is 59.6. The van der Waals surface area contributed by atoms with Gasteiger partial charge in [-0.15, -0.1) is 0 Å². The molecule has 0 unspecified atom stereocenters. The average molecular weight is 1020 g/mol. The van der Waals surface area contributed by atoms with Crippen molar-refractivity contribution in [2.75, 3.05) is 13.2 Å². The zero-order valence-corrected chi connectivity index (χ0v) is 48.4. The van der Waals surface area contributed by atoms with E-state index in [9.17, 15) is 14.4 Å². The number of hydrogen-bond acceptors (Lipinski definition) is 6. The van der Waals surface area contributed by atoms with E-state index in [-0.39, 0.29) is 31.1 Å². The predicted molar refractivity (Wildman–Crippen MR) is 316 cm³/mol. The maximum atomic E-state index is 12.9. The van der Waals surface area contributed by atoms with Crippen LogP contribution in [0, 0.1) is 0 Å². The van der Waals surface area contributed by atoms with Crippen LogP contribution < -0.4 is 0 Å². The standard InChI is InChI=1S/C67H118O6/c1-4-7-10-13-16-19-22-25-28-31-33-36-38-41-44-47-50-53-56-59-65(68)71-62-64(73-67(70)61-58-55-52-49-46-43-40-35-30-27-24-21-18-15-12-9-6-3)63-72-66(69)60-57-54-51-48-45-42-39-37-34-32-29-26-23-20-17-14-11-8-5-2/h16-21,25-30,64H,4-15,22-24,31-63H2,1-3H3/b19-16-,20-17-,21-18-,28-25-,29-26-,30-27-. The molecule has 0 amide bonds. The van der Waals surface area contributed by atoms with Crippen LogP contribution in [-0.2, 0) is 28.6 Å². The summed E-state index contributed by atoms with van der Waals surface area (Å²) in [6.45, 7) is 6.59. The number of carbonyl (C=O) groups excluding carboxylic acids is 3. The highest BCUT2D eigenvalue weighted by molar-refractivity contribution is 5.71. The highest BCUT2D eigenvalue weighted by Crippen LogP contribution is 2.16. The van der Waals surface area contributed by atoms with E-state index in [0.29, 0.717) is 19.3 Å². The molecule has 0 fully saturated rings. The van der Waals surface area contributed by atoms with Crippen LogP contribution in [0.25, 0.3) is 0 Å². The molecule has 0 atom stereocenters. The van der Waals surface area contributed by atoms with Crippen LogP contribution in [0.1, 0.15) is 316 Å². The molecule has 0 saturated carbocycles. The molecule has 73 heavy (non-hydrogen) atoms. The molecule has 6 nitrogen and oxygen atoms in total. The van der Waals surface area contributed by atoms with E-state index in [1.54, 1.807) is 0 Å². The Balaban J connectivity index is 4.39. The van der Waals surface area contributed by atoms with Gasteiger partial charge in [-0.25, -0.2) is 0 Å². The minimum atomic E-state index is -0.784. The average Bonchev–Trinajstić information content (AvgIpc) is 3.39. The molecule has 0 radical (unpaired) electrons. The lowest BCUT2D eigenvalue weighted by Crippen LogP contribution is -2.30. The fourth-order valence-electron chi connectivity index (χ4n) is 8.89. The number of carbonyl (C=O) groups is 3. The van der Waals surface area contributed by atoms with Crippen molar-refractivity contribution >= 4 is 17.9 Å². The summed E-state index contributed by atoms with van der Waals surface area (Å²) in [5.41, 5.74) is 0. The van der Waals surface area contributed by atoms with Gasteiger partial charge < -0.3 is 14.2 Å². The summed E-state index contributed by atoms with van der Waals surface area (Å²) in [6, 6.07) is 0. The molecule has 0 aliphatic heterocycles. The van der Waals surface area contributed by atoms with Crippen molar-refractivity contribution in [2.24, 2.45) is 0 Å². The summed E-state index contributed by atoms with van der Waals surface area (Å²) < 4.78 is 16.9. The van der Waals surface area contributed by atoms with E-state index in [4.69, 9.17) is 14.2 Å². The Morgan fingerprint density at radius 2 is 0.493 bits per heavy atom. The number of rotatable bonds is 57. The van der Waals surface area contributed by atoms with Crippen LogP contribution in [0.4, 0.5) is 0 Å². The fraction of sp³-hybridized carbons (Fsp3) is 0.776. The van der Waals surface area contributed by atoms with Crippen molar-refractivity contribution in [3.05, 3.63) is 72.9 Å². The molecule has 0 spiro atoms. The molecule has 0 N–H and O–H groups in total. The lowest BCUT2D eigenvalue weighted by molar-refractivity contribution is -0.167. The van der Waals surface area contributed by atoms with Crippen LogP contribution in [0.5, 0.6) is 0 Å². The summed E-state index contributed by atoms with van der Waals surface area (Å²) >= 11 is 0. The van der Waals surface area contributed by atoms with Gasteiger partial charge in [-0.1, -0.05) is 254 Å². The molecular weight excluding hydrogens is 901 g/mol. The Morgan fingerprint density at radius 3 is 0.753 bits per heavy atom. The molecule has 0 aromatic rings. The molecule has 0 aromatic carbocycles. The Hall–Kier alpha value is -3.15. The molecule has 0 saturated heterocycles. The highest BCUT2D eigenvalue weighted by Gasteiger charge is 2.19. The Bertz CT molecular complexity index is 1290. The summed E-state index contributed by atoms with van der Waals surface area (Å²) in [5, 5.41) is 0. The summed E-state index contributed by atoms with van der Waals surface area (Å²) in [5.74, 6) is -0.883. The smallest absolute Gasteiger partial charge is 0.306 e. The Labute approximate surface area is 453 Å². The summed E-state index contributed by atoms with van der Waals surface area (Å²) in [6.07, 6.45) is 78.9. The number of esters is 3. The minimum Gasteiger partial charge on any atom is -0.462 e. The van der Waals surface area contributed by atoms with Gasteiger partial charge in [0.05, 0.1) is 0 Å². The van der Waals surface area contributed by atoms with Crippen LogP contribution in [0.3, 0.4) is 0 Å². The van der Waals surface area contributed by atoms with Crippen LogP contribution in [0.15, 0.2) is 72.9 Å². The van der Waals surface area contributed by atoms with Crippen molar-refractivity contribution in [3.63, 3.8) is 0 Å². The largest absolute Gasteiger partial charge is 0.462 e. The normalized spacial score (nSPS) is 12.2. The zero-order chi connectivity index (χ0) is 52.9. The van der Waals surface area contributed by atoms with Crippen molar-refractivity contribution in [1.82, 2.24) is 0 Å².